The van der Waals surface area contributed by atoms with Gasteiger partial charge in [-0.1, -0.05) is 55.4 Å². The highest BCUT2D eigenvalue weighted by Gasteiger charge is 2.39. The van der Waals surface area contributed by atoms with Crippen LogP contribution in [-0.4, -0.2) is 43.3 Å². The minimum atomic E-state index is -4.00. The van der Waals surface area contributed by atoms with Crippen LogP contribution in [0.1, 0.15) is 62.7 Å². The molecule has 41 heavy (non-hydrogen) atoms. The Labute approximate surface area is 248 Å². The number of benzene rings is 2. The van der Waals surface area contributed by atoms with Gasteiger partial charge in [-0.15, -0.1) is 0 Å². The Morgan fingerprint density at radius 2 is 1.90 bits per heavy atom. The van der Waals surface area contributed by atoms with E-state index >= 15 is 0 Å². The van der Waals surface area contributed by atoms with E-state index in [0.29, 0.717) is 31.0 Å². The number of aromatic nitrogens is 1. The van der Waals surface area contributed by atoms with E-state index in [1.165, 1.54) is 46.3 Å². The summed E-state index contributed by atoms with van der Waals surface area (Å²) < 4.78 is 34.9. The monoisotopic (exact) mass is 590 g/mol. The van der Waals surface area contributed by atoms with E-state index < -0.39 is 10.1 Å². The fourth-order valence-corrected chi connectivity index (χ4v) is 8.54. The van der Waals surface area contributed by atoms with Crippen LogP contribution in [-0.2, 0) is 16.5 Å². The lowest BCUT2D eigenvalue weighted by molar-refractivity contribution is -0.709. The third-order valence-corrected chi connectivity index (χ3v) is 10.8. The molecule has 1 N–H and O–H groups in total. The van der Waals surface area contributed by atoms with Crippen molar-refractivity contribution >= 4 is 44.5 Å². The van der Waals surface area contributed by atoms with Crippen LogP contribution in [0.25, 0.3) is 17.0 Å². The Bertz CT molecular complexity index is 1600. The normalized spacial score (nSPS) is 23.0. The van der Waals surface area contributed by atoms with Crippen molar-refractivity contribution in [3.63, 3.8) is 0 Å². The predicted molar refractivity (Wildman–Crippen MR) is 168 cm³/mol. The number of fused-ring (bicyclic) bond motifs is 3. The van der Waals surface area contributed by atoms with Gasteiger partial charge in [0.25, 0.3) is 10.1 Å². The van der Waals surface area contributed by atoms with Crippen LogP contribution in [0.4, 0.5) is 5.69 Å². The van der Waals surface area contributed by atoms with Crippen molar-refractivity contribution in [2.24, 2.45) is 5.92 Å². The zero-order valence-corrected chi connectivity index (χ0v) is 25.6. The SMILES string of the molecule is CCCCc1cc(/C=C2/Sc3ccccc3N2CCCS(=O)(=O)O)c2ccccc2[n+]1C1CCC2C(C=CN2C)C1. The minimum absolute atomic E-state index is 0.243. The summed E-state index contributed by atoms with van der Waals surface area (Å²) in [6, 6.07) is 20.6. The average Bonchev–Trinajstić information content (AvgIpc) is 3.50. The maximum absolute atomic E-state index is 11.4. The number of aryl methyl sites for hydroxylation is 1. The summed E-state index contributed by atoms with van der Waals surface area (Å²) in [6.07, 6.45) is 14.2. The van der Waals surface area contributed by atoms with E-state index in [9.17, 15) is 13.0 Å². The molecule has 1 aromatic heterocycles. The van der Waals surface area contributed by atoms with E-state index in [0.717, 1.165) is 30.0 Å². The molecule has 3 aromatic rings. The second kappa shape index (κ2) is 11.8. The molecular formula is C33H40N3O3S2+. The zero-order valence-electron chi connectivity index (χ0n) is 23.9. The van der Waals surface area contributed by atoms with Crippen molar-refractivity contribution < 1.29 is 17.5 Å². The Balaban J connectivity index is 1.41. The molecule has 1 fully saturated rings. The number of rotatable bonds is 9. The number of pyridine rings is 1. The molecular weight excluding hydrogens is 551 g/mol. The Morgan fingerprint density at radius 1 is 1.10 bits per heavy atom. The van der Waals surface area contributed by atoms with Crippen molar-refractivity contribution in [3.8, 4) is 0 Å². The highest BCUT2D eigenvalue weighted by Crippen LogP contribution is 2.47. The molecule has 216 valence electrons. The number of para-hydroxylation sites is 2. The second-order valence-electron chi connectivity index (χ2n) is 11.6. The second-order valence-corrected chi connectivity index (χ2v) is 14.3. The standard InChI is InChI=1S/C33H39N3O3S2/c1-3-4-10-26-22-25(23-33-35(18-9-20-41(37,38)39)31-13-7-8-14-32(31)40-33)28-11-5-6-12-30(28)36(26)27-15-16-29-24(21-27)17-19-34(29)2/h5-8,11-14,17,19,22-24,27,29H,3-4,9-10,15-16,18,20-21H2,1-2H3/p+1. The Kier molecular flexibility index (Phi) is 8.16. The summed E-state index contributed by atoms with van der Waals surface area (Å²) in [4.78, 5) is 5.77. The van der Waals surface area contributed by atoms with Gasteiger partial charge in [-0.3, -0.25) is 4.55 Å². The van der Waals surface area contributed by atoms with E-state index in [1.807, 2.05) is 12.1 Å². The molecule has 0 saturated heterocycles. The molecule has 6 nitrogen and oxygen atoms in total. The fourth-order valence-electron chi connectivity index (χ4n) is 6.91. The first-order valence-corrected chi connectivity index (χ1v) is 17.3. The quantitative estimate of drug-likeness (QED) is 0.218. The van der Waals surface area contributed by atoms with Crippen LogP contribution in [0.2, 0.25) is 0 Å². The third-order valence-electron chi connectivity index (χ3n) is 8.88. The van der Waals surface area contributed by atoms with Crippen LogP contribution >= 0.6 is 11.8 Å². The highest BCUT2D eigenvalue weighted by molar-refractivity contribution is 8.03. The first kappa shape index (κ1) is 28.3. The van der Waals surface area contributed by atoms with Gasteiger partial charge < -0.3 is 9.80 Å². The Morgan fingerprint density at radius 3 is 2.73 bits per heavy atom. The molecule has 3 unspecified atom stereocenters. The molecule has 0 spiro atoms. The lowest BCUT2D eigenvalue weighted by Gasteiger charge is -2.33. The highest BCUT2D eigenvalue weighted by atomic mass is 32.2. The average molecular weight is 591 g/mol. The maximum Gasteiger partial charge on any atom is 0.264 e. The fraction of sp³-hybridized carbons (Fsp3) is 0.424. The molecule has 0 amide bonds. The lowest BCUT2D eigenvalue weighted by Crippen LogP contribution is -2.49. The van der Waals surface area contributed by atoms with Gasteiger partial charge in [0, 0.05) is 61.8 Å². The first-order valence-electron chi connectivity index (χ1n) is 14.9. The molecule has 3 atom stereocenters. The van der Waals surface area contributed by atoms with Crippen LogP contribution in [0.15, 0.2) is 76.8 Å². The number of nitrogens with zero attached hydrogens (tertiary/aromatic N) is 3. The van der Waals surface area contributed by atoms with Gasteiger partial charge >= 0.3 is 0 Å². The lowest BCUT2D eigenvalue weighted by atomic mass is 9.82. The molecule has 0 radical (unpaired) electrons. The molecule has 3 aliphatic rings. The zero-order chi connectivity index (χ0) is 28.6. The maximum atomic E-state index is 11.4. The van der Waals surface area contributed by atoms with Crippen LogP contribution < -0.4 is 9.47 Å². The van der Waals surface area contributed by atoms with Gasteiger partial charge in [-0.25, -0.2) is 0 Å². The summed E-state index contributed by atoms with van der Waals surface area (Å²) in [5, 5.41) is 2.33. The number of unbranched alkanes of at least 4 members (excludes halogenated alkanes) is 1. The van der Waals surface area contributed by atoms with Crippen molar-refractivity contribution in [2.45, 2.75) is 68.8 Å². The van der Waals surface area contributed by atoms with Gasteiger partial charge in [0.05, 0.1) is 21.9 Å². The number of hydrogen-bond donors (Lipinski definition) is 1. The van der Waals surface area contributed by atoms with Gasteiger partial charge in [0.1, 0.15) is 0 Å². The first-order chi connectivity index (χ1) is 19.8. The molecule has 6 rings (SSSR count). The van der Waals surface area contributed by atoms with E-state index in [-0.39, 0.29) is 5.75 Å². The molecule has 8 heteroatoms. The van der Waals surface area contributed by atoms with Gasteiger partial charge in [0.2, 0.25) is 5.52 Å². The van der Waals surface area contributed by atoms with Gasteiger partial charge in [0.15, 0.2) is 11.7 Å². The van der Waals surface area contributed by atoms with Crippen molar-refractivity contribution in [1.29, 1.82) is 0 Å². The number of hydrogen-bond acceptors (Lipinski definition) is 5. The summed E-state index contributed by atoms with van der Waals surface area (Å²) in [5.74, 6) is 0.364. The number of thioether (sulfide) groups is 1. The predicted octanol–water partition coefficient (Wildman–Crippen LogP) is 6.83. The van der Waals surface area contributed by atoms with E-state index in [2.05, 4.69) is 89.2 Å². The van der Waals surface area contributed by atoms with Crippen molar-refractivity contribution in [2.75, 3.05) is 24.2 Å². The van der Waals surface area contributed by atoms with Crippen LogP contribution in [0, 0.1) is 5.92 Å². The summed E-state index contributed by atoms with van der Waals surface area (Å²) in [6.45, 7) is 2.78. The smallest absolute Gasteiger partial charge is 0.264 e. The van der Waals surface area contributed by atoms with Gasteiger partial charge in [-0.2, -0.15) is 13.0 Å². The summed E-state index contributed by atoms with van der Waals surface area (Å²) in [7, 11) is -1.79. The molecule has 1 aliphatic carbocycles. The van der Waals surface area contributed by atoms with Crippen molar-refractivity contribution in [1.82, 2.24) is 4.90 Å². The van der Waals surface area contributed by atoms with E-state index in [1.54, 1.807) is 11.8 Å². The van der Waals surface area contributed by atoms with Crippen molar-refractivity contribution in [3.05, 3.63) is 83.2 Å². The van der Waals surface area contributed by atoms with Crippen LogP contribution in [0.5, 0.6) is 0 Å². The third kappa shape index (κ3) is 5.92. The molecule has 1 saturated carbocycles. The molecule has 2 aliphatic heterocycles. The molecule has 2 aromatic carbocycles. The van der Waals surface area contributed by atoms with Crippen LogP contribution in [0.3, 0.4) is 0 Å². The topological polar surface area (TPSA) is 64.7 Å². The largest absolute Gasteiger partial charge is 0.377 e. The Hall–Kier alpha value is -2.81. The van der Waals surface area contributed by atoms with Gasteiger partial charge in [-0.05, 0) is 55.3 Å². The summed E-state index contributed by atoms with van der Waals surface area (Å²) in [5.41, 5.74) is 4.99. The molecule has 3 heterocycles. The minimum Gasteiger partial charge on any atom is -0.377 e. The van der Waals surface area contributed by atoms with E-state index in [4.69, 9.17) is 0 Å². The number of anilines is 1. The summed E-state index contributed by atoms with van der Waals surface area (Å²) >= 11 is 1.73. The molecule has 0 bridgehead atoms.